The molecule has 0 radical (unpaired) electrons. The highest BCUT2D eigenvalue weighted by atomic mass is 35.5. The Morgan fingerprint density at radius 2 is 1.85 bits per heavy atom. The third kappa shape index (κ3) is 6.40. The highest BCUT2D eigenvalue weighted by Crippen LogP contribution is 2.34. The summed E-state index contributed by atoms with van der Waals surface area (Å²) in [5.74, 6) is -0.0482. The Morgan fingerprint density at radius 1 is 1.18 bits per heavy atom. The maximum Gasteiger partial charge on any atom is 0.244 e. The number of nitrogens with zero attached hydrogens (tertiary/aromatic N) is 2. The third-order valence-electron chi connectivity index (χ3n) is 5.87. The van der Waals surface area contributed by atoms with Gasteiger partial charge in [-0.3, -0.25) is 14.0 Å². The van der Waals surface area contributed by atoms with E-state index in [4.69, 9.17) is 16.3 Å². The number of ether oxygens (including phenoxy) is 1. The molecule has 0 bridgehead atoms. The van der Waals surface area contributed by atoms with Gasteiger partial charge >= 0.3 is 0 Å². The lowest BCUT2D eigenvalue weighted by Crippen LogP contribution is -2.49. The number of halogens is 1. The number of hydrogen-bond acceptors (Lipinski definition) is 5. The van der Waals surface area contributed by atoms with Crippen molar-refractivity contribution in [2.75, 3.05) is 30.8 Å². The van der Waals surface area contributed by atoms with E-state index in [1.807, 2.05) is 18.2 Å². The Hall–Kier alpha value is -2.29. The molecular formula is C24H32ClN3O4S. The number of methoxy groups -OCH3 is 1. The van der Waals surface area contributed by atoms with E-state index in [0.717, 1.165) is 35.8 Å². The molecule has 180 valence electrons. The van der Waals surface area contributed by atoms with E-state index >= 15 is 0 Å². The van der Waals surface area contributed by atoms with Gasteiger partial charge in [0.1, 0.15) is 11.8 Å². The minimum atomic E-state index is -3.80. The van der Waals surface area contributed by atoms with Crippen molar-refractivity contribution in [3.8, 4) is 5.75 Å². The van der Waals surface area contributed by atoms with Gasteiger partial charge in [-0.2, -0.15) is 0 Å². The van der Waals surface area contributed by atoms with E-state index in [0.29, 0.717) is 17.3 Å². The smallest absolute Gasteiger partial charge is 0.244 e. The number of benzene rings is 2. The molecule has 1 amide bonds. The lowest BCUT2D eigenvalue weighted by molar-refractivity contribution is -0.122. The zero-order valence-corrected chi connectivity index (χ0v) is 21.0. The van der Waals surface area contributed by atoms with Crippen molar-refractivity contribution in [2.45, 2.75) is 45.3 Å². The van der Waals surface area contributed by atoms with Gasteiger partial charge in [-0.1, -0.05) is 42.8 Å². The van der Waals surface area contributed by atoms with Crippen LogP contribution in [0.25, 0.3) is 0 Å². The standard InChI is InChI=1S/C24H32ClN3O4S/c1-4-21(28(33(3,30)31)22-15-20(25)11-12-23(22)32-2)24(29)26-16-18-9-5-6-10-19(18)17-27-13-7-8-14-27/h5-6,9-12,15,21H,4,7-8,13-14,16-17H2,1-3H3,(H,26,29)/t21-/m0/s1. The number of carbonyl (C=O) groups excluding carboxylic acids is 1. The van der Waals surface area contributed by atoms with Crippen LogP contribution in [0.1, 0.15) is 37.3 Å². The number of nitrogens with one attached hydrogen (secondary N) is 1. The lowest BCUT2D eigenvalue weighted by atomic mass is 10.1. The zero-order valence-electron chi connectivity index (χ0n) is 19.4. The van der Waals surface area contributed by atoms with E-state index in [1.54, 1.807) is 19.1 Å². The molecule has 1 saturated heterocycles. The molecule has 0 unspecified atom stereocenters. The first kappa shape index (κ1) is 25.3. The summed E-state index contributed by atoms with van der Waals surface area (Å²) in [6.45, 7) is 5.12. The van der Waals surface area contributed by atoms with Crippen molar-refractivity contribution < 1.29 is 17.9 Å². The van der Waals surface area contributed by atoms with Crippen LogP contribution in [0.15, 0.2) is 42.5 Å². The quantitative estimate of drug-likeness (QED) is 0.544. The second kappa shape index (κ2) is 11.2. The molecule has 1 heterocycles. The SMILES string of the molecule is CC[C@@H](C(=O)NCc1ccccc1CN1CCCC1)N(c1cc(Cl)ccc1OC)S(C)(=O)=O. The fourth-order valence-corrected chi connectivity index (χ4v) is 5.61. The monoisotopic (exact) mass is 493 g/mol. The Kier molecular flexibility index (Phi) is 8.62. The highest BCUT2D eigenvalue weighted by molar-refractivity contribution is 7.92. The van der Waals surface area contributed by atoms with Crippen LogP contribution in [0.2, 0.25) is 5.02 Å². The number of carbonyl (C=O) groups is 1. The van der Waals surface area contributed by atoms with E-state index in [2.05, 4.69) is 16.3 Å². The first-order chi connectivity index (χ1) is 15.7. The molecule has 3 rings (SSSR count). The molecule has 0 aromatic heterocycles. The zero-order chi connectivity index (χ0) is 24.0. The van der Waals surface area contributed by atoms with Gasteiger partial charge < -0.3 is 10.1 Å². The van der Waals surface area contributed by atoms with Crippen molar-refractivity contribution in [1.29, 1.82) is 0 Å². The summed E-state index contributed by atoms with van der Waals surface area (Å²) in [4.78, 5) is 15.7. The minimum absolute atomic E-state index is 0.240. The van der Waals surface area contributed by atoms with Gasteiger partial charge in [-0.25, -0.2) is 8.42 Å². The number of sulfonamides is 1. The molecule has 0 saturated carbocycles. The Balaban J connectivity index is 1.82. The Bertz CT molecular complexity index is 1070. The molecule has 2 aromatic rings. The number of anilines is 1. The summed E-state index contributed by atoms with van der Waals surface area (Å²) >= 11 is 6.14. The summed E-state index contributed by atoms with van der Waals surface area (Å²) in [6.07, 6.45) is 3.79. The van der Waals surface area contributed by atoms with E-state index in [1.165, 1.54) is 31.6 Å². The largest absolute Gasteiger partial charge is 0.495 e. The van der Waals surface area contributed by atoms with Crippen LogP contribution in [0, 0.1) is 0 Å². The lowest BCUT2D eigenvalue weighted by Gasteiger charge is -2.31. The average molecular weight is 494 g/mol. The number of likely N-dealkylation sites (tertiary alicyclic amines) is 1. The molecule has 2 aromatic carbocycles. The van der Waals surface area contributed by atoms with Crippen LogP contribution in [-0.4, -0.2) is 51.7 Å². The van der Waals surface area contributed by atoms with Gasteiger partial charge in [0.05, 0.1) is 19.1 Å². The molecule has 1 aliphatic rings. The van der Waals surface area contributed by atoms with Crippen LogP contribution in [0.3, 0.4) is 0 Å². The number of amides is 1. The number of hydrogen-bond donors (Lipinski definition) is 1. The second-order valence-electron chi connectivity index (χ2n) is 8.27. The van der Waals surface area contributed by atoms with Crippen LogP contribution in [-0.2, 0) is 27.9 Å². The fraction of sp³-hybridized carbons (Fsp3) is 0.458. The highest BCUT2D eigenvalue weighted by Gasteiger charge is 2.33. The van der Waals surface area contributed by atoms with E-state index in [-0.39, 0.29) is 18.0 Å². The minimum Gasteiger partial charge on any atom is -0.495 e. The van der Waals surface area contributed by atoms with Crippen LogP contribution >= 0.6 is 11.6 Å². The molecule has 1 N–H and O–H groups in total. The van der Waals surface area contributed by atoms with E-state index < -0.39 is 16.1 Å². The average Bonchev–Trinajstić information content (AvgIpc) is 3.28. The van der Waals surface area contributed by atoms with Crippen molar-refractivity contribution in [1.82, 2.24) is 10.2 Å². The van der Waals surface area contributed by atoms with Crippen LogP contribution < -0.4 is 14.4 Å². The predicted octanol–water partition coefficient (Wildman–Crippen LogP) is 3.81. The van der Waals surface area contributed by atoms with Gasteiger partial charge in [-0.15, -0.1) is 0 Å². The molecule has 0 aliphatic carbocycles. The molecule has 1 atom stereocenters. The maximum absolute atomic E-state index is 13.2. The van der Waals surface area contributed by atoms with Gasteiger partial charge in [0.15, 0.2) is 0 Å². The van der Waals surface area contributed by atoms with Crippen molar-refractivity contribution in [3.63, 3.8) is 0 Å². The maximum atomic E-state index is 13.2. The van der Waals surface area contributed by atoms with Gasteiger partial charge in [0, 0.05) is 18.1 Å². The predicted molar refractivity (Wildman–Crippen MR) is 132 cm³/mol. The molecule has 0 spiro atoms. The summed E-state index contributed by atoms with van der Waals surface area (Å²) in [6, 6.07) is 11.8. The Morgan fingerprint density at radius 3 is 2.45 bits per heavy atom. The molecule has 33 heavy (non-hydrogen) atoms. The summed E-state index contributed by atoms with van der Waals surface area (Å²) < 4.78 is 32.0. The van der Waals surface area contributed by atoms with Crippen molar-refractivity contribution in [3.05, 3.63) is 58.6 Å². The molecule has 7 nitrogen and oxygen atoms in total. The second-order valence-corrected chi connectivity index (χ2v) is 10.6. The molecule has 1 aliphatic heterocycles. The number of rotatable bonds is 10. The van der Waals surface area contributed by atoms with Gasteiger partial charge in [0.2, 0.25) is 15.9 Å². The van der Waals surface area contributed by atoms with Crippen molar-refractivity contribution >= 4 is 33.2 Å². The van der Waals surface area contributed by atoms with E-state index in [9.17, 15) is 13.2 Å². The Labute approximate surface area is 201 Å². The molecule has 9 heteroatoms. The normalized spacial score (nSPS) is 15.3. The molecular weight excluding hydrogens is 462 g/mol. The third-order valence-corrected chi connectivity index (χ3v) is 7.27. The van der Waals surface area contributed by atoms with Crippen molar-refractivity contribution in [2.24, 2.45) is 0 Å². The summed E-state index contributed by atoms with van der Waals surface area (Å²) in [5.41, 5.74) is 2.44. The summed E-state index contributed by atoms with van der Waals surface area (Å²) in [7, 11) is -2.35. The van der Waals surface area contributed by atoms with Crippen LogP contribution in [0.4, 0.5) is 5.69 Å². The topological polar surface area (TPSA) is 79.0 Å². The van der Waals surface area contributed by atoms with Gasteiger partial charge in [0.25, 0.3) is 0 Å². The first-order valence-electron chi connectivity index (χ1n) is 11.1. The summed E-state index contributed by atoms with van der Waals surface area (Å²) in [5, 5.41) is 3.30. The fourth-order valence-electron chi connectivity index (χ4n) is 4.24. The first-order valence-corrected chi connectivity index (χ1v) is 13.4. The molecule has 1 fully saturated rings. The van der Waals surface area contributed by atoms with Gasteiger partial charge in [-0.05, 0) is 61.7 Å². The van der Waals surface area contributed by atoms with Crippen LogP contribution in [0.5, 0.6) is 5.75 Å².